The fraction of sp³-hybridized carbons (Fsp3) is 0.763. The smallest absolute Gasteiger partial charge is 0.326 e. The molecule has 0 aromatic rings. The molecule has 2 unspecified atom stereocenters. The van der Waals surface area contributed by atoms with Crippen molar-refractivity contribution in [1.82, 2.24) is 5.32 Å². The Morgan fingerprint density at radius 2 is 1.24 bits per heavy atom. The zero-order valence-corrected chi connectivity index (χ0v) is 29.0. The van der Waals surface area contributed by atoms with Gasteiger partial charge in [-0.1, -0.05) is 108 Å². The number of aliphatic carboxylic acids is 1. The number of unbranched alkanes of at least 4 members (excludes halogenated alkanes) is 14. The second-order valence-corrected chi connectivity index (χ2v) is 12.3. The molecule has 2 atom stereocenters. The van der Waals surface area contributed by atoms with Gasteiger partial charge >= 0.3 is 11.9 Å². The molecule has 45 heavy (non-hydrogen) atoms. The maximum Gasteiger partial charge on any atom is 0.326 e. The topological polar surface area (TPSA) is 119 Å². The summed E-state index contributed by atoms with van der Waals surface area (Å²) in [5.74, 6) is -1.37. The van der Waals surface area contributed by atoms with Crippen molar-refractivity contribution in [3.05, 3.63) is 36.5 Å². The van der Waals surface area contributed by atoms with E-state index in [4.69, 9.17) is 10.5 Å². The van der Waals surface area contributed by atoms with Gasteiger partial charge in [-0.3, -0.25) is 9.59 Å². The first-order valence-corrected chi connectivity index (χ1v) is 18.3. The minimum Gasteiger partial charge on any atom is -0.480 e. The average molecular weight is 633 g/mol. The molecule has 1 amide bonds. The molecule has 0 fully saturated rings. The predicted molar refractivity (Wildman–Crippen MR) is 188 cm³/mol. The molecular formula is C38H68N2O5. The lowest BCUT2D eigenvalue weighted by atomic mass is 10.1. The van der Waals surface area contributed by atoms with Crippen LogP contribution in [0.5, 0.6) is 0 Å². The highest BCUT2D eigenvalue weighted by Gasteiger charge is 2.18. The number of nitrogens with one attached hydrogen (secondary N) is 1. The second-order valence-electron chi connectivity index (χ2n) is 12.3. The Morgan fingerprint density at radius 1 is 0.667 bits per heavy atom. The Morgan fingerprint density at radius 3 is 1.91 bits per heavy atom. The van der Waals surface area contributed by atoms with Gasteiger partial charge in [0.25, 0.3) is 0 Å². The third-order valence-electron chi connectivity index (χ3n) is 7.91. The number of rotatable bonds is 32. The van der Waals surface area contributed by atoms with E-state index in [2.05, 4.69) is 49.5 Å². The Bertz CT molecular complexity index is 808. The molecule has 0 aliphatic heterocycles. The summed E-state index contributed by atoms with van der Waals surface area (Å²) in [5, 5.41) is 11.9. The van der Waals surface area contributed by atoms with E-state index < -0.39 is 12.0 Å². The van der Waals surface area contributed by atoms with Gasteiger partial charge in [0.1, 0.15) is 12.1 Å². The molecule has 0 aromatic heterocycles. The van der Waals surface area contributed by atoms with Crippen LogP contribution in [0.25, 0.3) is 0 Å². The van der Waals surface area contributed by atoms with Crippen molar-refractivity contribution in [2.45, 2.75) is 180 Å². The predicted octanol–water partition coefficient (Wildman–Crippen LogP) is 9.50. The van der Waals surface area contributed by atoms with Crippen molar-refractivity contribution >= 4 is 17.8 Å². The summed E-state index contributed by atoms with van der Waals surface area (Å²) in [6, 6.07) is -0.873. The van der Waals surface area contributed by atoms with Gasteiger partial charge in [0.15, 0.2) is 0 Å². The molecule has 0 aliphatic carbocycles. The molecular weight excluding hydrogens is 564 g/mol. The van der Waals surface area contributed by atoms with Crippen molar-refractivity contribution in [1.29, 1.82) is 0 Å². The van der Waals surface area contributed by atoms with E-state index in [0.29, 0.717) is 38.6 Å². The number of carbonyl (C=O) groups is 3. The van der Waals surface area contributed by atoms with Gasteiger partial charge in [0.2, 0.25) is 5.91 Å². The maximum atomic E-state index is 12.6. The number of carboxylic acids is 1. The summed E-state index contributed by atoms with van der Waals surface area (Å²) in [6.45, 7) is 4.84. The lowest BCUT2D eigenvalue weighted by Gasteiger charge is -2.15. The number of hydrogen-bond donors (Lipinski definition) is 3. The van der Waals surface area contributed by atoms with E-state index in [9.17, 15) is 19.5 Å². The number of esters is 1. The van der Waals surface area contributed by atoms with Gasteiger partial charge in [0.05, 0.1) is 0 Å². The summed E-state index contributed by atoms with van der Waals surface area (Å²) in [5.41, 5.74) is 5.46. The summed E-state index contributed by atoms with van der Waals surface area (Å²) in [4.78, 5) is 36.1. The van der Waals surface area contributed by atoms with Gasteiger partial charge in [-0.15, -0.1) is 0 Å². The van der Waals surface area contributed by atoms with Gasteiger partial charge in [-0.25, -0.2) is 4.79 Å². The average Bonchev–Trinajstić information content (AvgIpc) is 3.02. The number of nitrogens with two attached hydrogens (primary N) is 1. The highest BCUT2D eigenvalue weighted by atomic mass is 16.5. The van der Waals surface area contributed by atoms with Crippen LogP contribution in [-0.2, 0) is 19.1 Å². The quantitative estimate of drug-likeness (QED) is 0.0386. The van der Waals surface area contributed by atoms with E-state index >= 15 is 0 Å². The van der Waals surface area contributed by atoms with Crippen LogP contribution >= 0.6 is 0 Å². The second kappa shape index (κ2) is 33.0. The molecule has 0 spiro atoms. The van der Waals surface area contributed by atoms with Crippen LogP contribution < -0.4 is 11.1 Å². The van der Waals surface area contributed by atoms with Crippen LogP contribution in [0, 0.1) is 0 Å². The van der Waals surface area contributed by atoms with Crippen molar-refractivity contribution < 1.29 is 24.2 Å². The lowest BCUT2D eigenvalue weighted by Crippen LogP contribution is -2.40. The highest BCUT2D eigenvalue weighted by Crippen LogP contribution is 2.14. The number of ether oxygens (including phenoxy) is 1. The lowest BCUT2D eigenvalue weighted by molar-refractivity contribution is -0.147. The number of carboxylic acid groups (broad SMARTS) is 1. The molecule has 0 heterocycles. The summed E-state index contributed by atoms with van der Waals surface area (Å²) >= 11 is 0. The first-order chi connectivity index (χ1) is 21.9. The first kappa shape index (κ1) is 42.6. The molecule has 7 heteroatoms. The Kier molecular flexibility index (Phi) is 31.2. The van der Waals surface area contributed by atoms with E-state index in [1.54, 1.807) is 0 Å². The minimum absolute atomic E-state index is 0.117. The largest absolute Gasteiger partial charge is 0.480 e. The van der Waals surface area contributed by atoms with Crippen LogP contribution in [0.15, 0.2) is 36.5 Å². The molecule has 0 bridgehead atoms. The van der Waals surface area contributed by atoms with E-state index in [-0.39, 0.29) is 18.0 Å². The zero-order valence-electron chi connectivity index (χ0n) is 29.0. The normalized spacial score (nSPS) is 13.1. The van der Waals surface area contributed by atoms with Crippen LogP contribution in [0.1, 0.15) is 168 Å². The summed E-state index contributed by atoms with van der Waals surface area (Å²) in [6.07, 6.45) is 36.3. The molecule has 0 radical (unpaired) electrons. The summed E-state index contributed by atoms with van der Waals surface area (Å²) in [7, 11) is 0. The third-order valence-corrected chi connectivity index (χ3v) is 7.91. The van der Waals surface area contributed by atoms with Gasteiger partial charge in [-0.05, 0) is 89.7 Å². The Labute approximate surface area is 275 Å². The SMILES string of the molecule is CCCC/C=C\C/C=C\C(CCCCCCC(=O)NC(CCCN)C(=O)O)OC(=O)CCCCCCC/C=C\CCCCCC. The van der Waals surface area contributed by atoms with Crippen molar-refractivity contribution in [2.24, 2.45) is 5.73 Å². The molecule has 0 saturated heterocycles. The Balaban J connectivity index is 4.35. The maximum absolute atomic E-state index is 12.6. The molecule has 0 aromatic carbocycles. The van der Waals surface area contributed by atoms with E-state index in [1.807, 2.05) is 6.08 Å². The van der Waals surface area contributed by atoms with Gasteiger partial charge in [-0.2, -0.15) is 0 Å². The van der Waals surface area contributed by atoms with Crippen LogP contribution in [0.3, 0.4) is 0 Å². The number of carbonyl (C=O) groups excluding carboxylic acids is 2. The van der Waals surface area contributed by atoms with Crippen molar-refractivity contribution in [3.63, 3.8) is 0 Å². The van der Waals surface area contributed by atoms with Crippen LogP contribution in [0.2, 0.25) is 0 Å². The van der Waals surface area contributed by atoms with Crippen LogP contribution in [-0.4, -0.2) is 41.6 Å². The fourth-order valence-electron chi connectivity index (χ4n) is 5.08. The summed E-state index contributed by atoms with van der Waals surface area (Å²) < 4.78 is 5.86. The van der Waals surface area contributed by atoms with Gasteiger partial charge in [0, 0.05) is 12.8 Å². The number of amides is 1. The standard InChI is InChI=1S/C38H68N2O5/c1-3-5-7-9-11-12-13-14-15-16-18-20-26-32-37(42)45-34(28-23-19-17-10-8-6-4-2)29-24-21-22-25-31-36(41)40-35(38(43)44)30-27-33-39/h10,12-13,17,23,28,34-35H,3-9,11,14-16,18-22,24-27,29-33,39H2,1-2H3,(H,40,41)(H,43,44)/b13-12-,17-10-,28-23-. The van der Waals surface area contributed by atoms with Crippen molar-refractivity contribution in [3.8, 4) is 0 Å². The molecule has 7 nitrogen and oxygen atoms in total. The third kappa shape index (κ3) is 30.0. The van der Waals surface area contributed by atoms with Crippen LogP contribution in [0.4, 0.5) is 0 Å². The van der Waals surface area contributed by atoms with Crippen molar-refractivity contribution in [2.75, 3.05) is 6.54 Å². The number of allylic oxidation sites excluding steroid dienone is 5. The first-order valence-electron chi connectivity index (χ1n) is 18.3. The zero-order chi connectivity index (χ0) is 33.2. The Hall–Kier alpha value is -2.41. The molecule has 260 valence electrons. The van der Waals surface area contributed by atoms with E-state index in [1.165, 1.54) is 57.8 Å². The van der Waals surface area contributed by atoms with Gasteiger partial charge < -0.3 is 20.9 Å². The number of hydrogen-bond acceptors (Lipinski definition) is 5. The fourth-order valence-corrected chi connectivity index (χ4v) is 5.08. The minimum atomic E-state index is -1.02. The van der Waals surface area contributed by atoms with E-state index in [0.717, 1.165) is 64.2 Å². The molecule has 4 N–H and O–H groups in total. The molecule has 0 saturated carbocycles. The molecule has 0 rings (SSSR count). The molecule has 0 aliphatic rings. The monoisotopic (exact) mass is 633 g/mol. The highest BCUT2D eigenvalue weighted by molar-refractivity contribution is 5.83.